The lowest BCUT2D eigenvalue weighted by molar-refractivity contribution is -0.118. The average molecular weight is 418 g/mol. The number of benzene rings is 1. The van der Waals surface area contributed by atoms with Crippen LogP contribution in [0.1, 0.15) is 49.8 Å². The van der Waals surface area contributed by atoms with Crippen LogP contribution in [-0.4, -0.2) is 43.8 Å². The van der Waals surface area contributed by atoms with Gasteiger partial charge in [0.2, 0.25) is 0 Å². The molecule has 0 atom stereocenters. The van der Waals surface area contributed by atoms with Crippen molar-refractivity contribution in [1.82, 2.24) is 5.32 Å². The van der Waals surface area contributed by atoms with E-state index in [4.69, 9.17) is 9.47 Å². The Hall–Kier alpha value is -3.20. The smallest absolute Gasteiger partial charge is 0.341 e. The van der Waals surface area contributed by atoms with Crippen LogP contribution in [0.15, 0.2) is 24.3 Å². The van der Waals surface area contributed by atoms with Crippen LogP contribution in [-0.2, 0) is 9.53 Å². The third-order valence-corrected chi connectivity index (χ3v) is 5.15. The van der Waals surface area contributed by atoms with E-state index in [1.54, 1.807) is 38.1 Å². The number of ketones is 1. The van der Waals surface area contributed by atoms with Crippen LogP contribution in [0, 0.1) is 6.92 Å². The molecule has 154 valence electrons. The van der Waals surface area contributed by atoms with Gasteiger partial charge in [0.15, 0.2) is 12.4 Å². The molecule has 0 saturated heterocycles. The molecule has 0 aliphatic heterocycles. The van der Waals surface area contributed by atoms with Crippen molar-refractivity contribution in [3.05, 3.63) is 45.8 Å². The minimum absolute atomic E-state index is 0.0687. The number of nitrogens with one attached hydrogen (secondary N) is 2. The van der Waals surface area contributed by atoms with E-state index in [1.165, 1.54) is 14.0 Å². The Labute approximate surface area is 172 Å². The van der Waals surface area contributed by atoms with E-state index < -0.39 is 11.9 Å². The Morgan fingerprint density at radius 3 is 2.31 bits per heavy atom. The zero-order valence-electron chi connectivity index (χ0n) is 16.6. The van der Waals surface area contributed by atoms with Crippen LogP contribution in [0.3, 0.4) is 0 Å². The van der Waals surface area contributed by atoms with Gasteiger partial charge >= 0.3 is 5.97 Å². The summed E-state index contributed by atoms with van der Waals surface area (Å²) in [6.07, 6.45) is 0. The van der Waals surface area contributed by atoms with Crippen LogP contribution in [0.5, 0.6) is 5.75 Å². The summed E-state index contributed by atoms with van der Waals surface area (Å²) in [6, 6.07) is 6.39. The lowest BCUT2D eigenvalue weighted by Gasteiger charge is -2.09. The Balaban J connectivity index is 2.14. The molecule has 0 bridgehead atoms. The molecule has 2 N–H and O–H groups in total. The van der Waals surface area contributed by atoms with Crippen LogP contribution < -0.4 is 15.4 Å². The summed E-state index contributed by atoms with van der Waals surface area (Å²) < 4.78 is 10.5. The van der Waals surface area contributed by atoms with E-state index >= 15 is 0 Å². The first-order valence-corrected chi connectivity index (χ1v) is 9.66. The minimum atomic E-state index is -0.618. The number of carbonyl (C=O) groups excluding carboxylic acids is 4. The number of rotatable bonds is 8. The van der Waals surface area contributed by atoms with Gasteiger partial charge in [-0.05, 0) is 50.6 Å². The maximum absolute atomic E-state index is 12.3. The SMILES string of the molecule is CCOC(=O)c1c(NC(=O)COc2ccc(C(C)=O)cc2)sc(C(=O)NC)c1C. The van der Waals surface area contributed by atoms with E-state index in [9.17, 15) is 19.2 Å². The van der Waals surface area contributed by atoms with Gasteiger partial charge in [-0.1, -0.05) is 0 Å². The molecule has 0 spiro atoms. The number of esters is 1. The van der Waals surface area contributed by atoms with Crippen molar-refractivity contribution >= 4 is 39.9 Å². The normalized spacial score (nSPS) is 10.2. The Morgan fingerprint density at radius 1 is 1.10 bits per heavy atom. The zero-order valence-corrected chi connectivity index (χ0v) is 17.4. The quantitative estimate of drug-likeness (QED) is 0.504. The summed E-state index contributed by atoms with van der Waals surface area (Å²) >= 11 is 0.990. The third kappa shape index (κ3) is 5.41. The first-order valence-electron chi connectivity index (χ1n) is 8.84. The molecule has 9 heteroatoms. The van der Waals surface area contributed by atoms with Gasteiger partial charge in [0.1, 0.15) is 10.8 Å². The highest BCUT2D eigenvalue weighted by Gasteiger charge is 2.26. The van der Waals surface area contributed by atoms with Crippen molar-refractivity contribution in [2.45, 2.75) is 20.8 Å². The Morgan fingerprint density at radius 2 is 1.76 bits per heavy atom. The highest BCUT2D eigenvalue weighted by atomic mass is 32.1. The maximum Gasteiger partial charge on any atom is 0.341 e. The minimum Gasteiger partial charge on any atom is -0.484 e. The number of carbonyl (C=O) groups is 4. The van der Waals surface area contributed by atoms with Crippen molar-refractivity contribution in [2.24, 2.45) is 0 Å². The fraction of sp³-hybridized carbons (Fsp3) is 0.300. The second kappa shape index (κ2) is 9.83. The average Bonchev–Trinajstić information content (AvgIpc) is 3.02. The summed E-state index contributed by atoms with van der Waals surface area (Å²) in [7, 11) is 1.48. The van der Waals surface area contributed by atoms with Gasteiger partial charge < -0.3 is 20.1 Å². The molecule has 1 heterocycles. The number of anilines is 1. The number of hydrogen-bond donors (Lipinski definition) is 2. The number of amides is 2. The Kier molecular flexibility index (Phi) is 7.49. The molecule has 0 aliphatic carbocycles. The molecule has 0 radical (unpaired) electrons. The number of ether oxygens (including phenoxy) is 2. The van der Waals surface area contributed by atoms with Gasteiger partial charge in [0.25, 0.3) is 11.8 Å². The summed E-state index contributed by atoms with van der Waals surface area (Å²) in [4.78, 5) is 48.3. The molecule has 2 rings (SSSR count). The zero-order chi connectivity index (χ0) is 21.6. The van der Waals surface area contributed by atoms with Gasteiger partial charge in [-0.15, -0.1) is 11.3 Å². The predicted molar refractivity (Wildman–Crippen MR) is 109 cm³/mol. The van der Waals surface area contributed by atoms with E-state index in [2.05, 4.69) is 10.6 Å². The second-order valence-electron chi connectivity index (χ2n) is 5.98. The van der Waals surface area contributed by atoms with E-state index in [0.717, 1.165) is 11.3 Å². The number of thiophene rings is 1. The molecule has 0 saturated carbocycles. The molecule has 2 aromatic rings. The van der Waals surface area contributed by atoms with Gasteiger partial charge in [0, 0.05) is 12.6 Å². The maximum atomic E-state index is 12.3. The van der Waals surface area contributed by atoms with Crippen molar-refractivity contribution in [3.63, 3.8) is 0 Å². The highest BCUT2D eigenvalue weighted by molar-refractivity contribution is 7.18. The van der Waals surface area contributed by atoms with Gasteiger partial charge in [-0.3, -0.25) is 14.4 Å². The van der Waals surface area contributed by atoms with E-state index in [0.29, 0.717) is 21.8 Å². The Bertz CT molecular complexity index is 933. The molecule has 0 unspecified atom stereocenters. The molecular formula is C20H22N2O6S. The third-order valence-electron chi connectivity index (χ3n) is 3.94. The lowest BCUT2D eigenvalue weighted by atomic mass is 10.1. The van der Waals surface area contributed by atoms with Crippen molar-refractivity contribution in [3.8, 4) is 5.75 Å². The molecular weight excluding hydrogens is 396 g/mol. The first kappa shape index (κ1) is 22.1. The summed E-state index contributed by atoms with van der Waals surface area (Å²) in [5.74, 6) is -1.13. The van der Waals surface area contributed by atoms with Crippen molar-refractivity contribution in [1.29, 1.82) is 0 Å². The molecule has 2 amide bonds. The monoisotopic (exact) mass is 418 g/mol. The predicted octanol–water partition coefficient (Wildman–Crippen LogP) is 2.81. The van der Waals surface area contributed by atoms with Crippen LogP contribution in [0.2, 0.25) is 0 Å². The van der Waals surface area contributed by atoms with Gasteiger partial charge in [-0.25, -0.2) is 4.79 Å². The summed E-state index contributed by atoms with van der Waals surface area (Å²) in [5.41, 5.74) is 1.12. The number of hydrogen-bond acceptors (Lipinski definition) is 7. The fourth-order valence-electron chi connectivity index (χ4n) is 2.48. The number of Topliss-reactive ketones (excluding diaryl/α,β-unsaturated/α-hetero) is 1. The van der Waals surface area contributed by atoms with Crippen LogP contribution in [0.4, 0.5) is 5.00 Å². The van der Waals surface area contributed by atoms with Crippen molar-refractivity contribution in [2.75, 3.05) is 25.6 Å². The molecule has 29 heavy (non-hydrogen) atoms. The van der Waals surface area contributed by atoms with Crippen LogP contribution in [0.25, 0.3) is 0 Å². The molecule has 1 aromatic heterocycles. The fourth-order valence-corrected chi connectivity index (χ4v) is 3.64. The standard InChI is InChI=1S/C20H22N2O6S/c1-5-27-20(26)16-11(2)17(18(25)21-4)29-19(16)22-15(24)10-28-14-8-6-13(7-9-14)12(3)23/h6-9H,5,10H2,1-4H3,(H,21,25)(H,22,24). The molecule has 1 aromatic carbocycles. The second-order valence-corrected chi connectivity index (χ2v) is 7.00. The molecule has 0 aliphatic rings. The summed E-state index contributed by atoms with van der Waals surface area (Å²) in [6.45, 7) is 4.60. The molecule has 8 nitrogen and oxygen atoms in total. The topological polar surface area (TPSA) is 111 Å². The van der Waals surface area contributed by atoms with E-state index in [-0.39, 0.29) is 35.5 Å². The largest absolute Gasteiger partial charge is 0.484 e. The van der Waals surface area contributed by atoms with Crippen LogP contribution >= 0.6 is 11.3 Å². The molecule has 0 fully saturated rings. The lowest BCUT2D eigenvalue weighted by Crippen LogP contribution is -2.21. The van der Waals surface area contributed by atoms with Gasteiger partial charge in [0.05, 0.1) is 17.0 Å². The highest BCUT2D eigenvalue weighted by Crippen LogP contribution is 2.33. The van der Waals surface area contributed by atoms with E-state index in [1.807, 2.05) is 0 Å². The van der Waals surface area contributed by atoms with Gasteiger partial charge in [-0.2, -0.15) is 0 Å². The van der Waals surface area contributed by atoms with Crippen molar-refractivity contribution < 1.29 is 28.7 Å². The first-order chi connectivity index (χ1) is 13.8. The summed E-state index contributed by atoms with van der Waals surface area (Å²) in [5, 5.41) is 5.34.